The largest absolute Gasteiger partial charge is 0.325 e. The summed E-state index contributed by atoms with van der Waals surface area (Å²) < 4.78 is 0. The highest BCUT2D eigenvalue weighted by Gasteiger charge is 2.39. The molecule has 0 aromatic heterocycles. The van der Waals surface area contributed by atoms with Crippen molar-refractivity contribution >= 4 is 17.3 Å². The van der Waals surface area contributed by atoms with Crippen LogP contribution in [0, 0.1) is 28.9 Å². The van der Waals surface area contributed by atoms with Gasteiger partial charge in [0.05, 0.1) is 16.2 Å². The number of rotatable bonds is 3. The molecule has 0 radical (unpaired) electrons. The van der Waals surface area contributed by atoms with Gasteiger partial charge >= 0.3 is 0 Å². The molecule has 1 N–H and O–H groups in total. The van der Waals surface area contributed by atoms with E-state index in [2.05, 4.69) is 5.32 Å². The molecule has 0 spiro atoms. The van der Waals surface area contributed by atoms with Gasteiger partial charge in [0, 0.05) is 12.0 Å². The van der Waals surface area contributed by atoms with Gasteiger partial charge in [0.15, 0.2) is 0 Å². The molecular formula is C12H14N2O3. The fourth-order valence-corrected chi connectivity index (χ4v) is 1.87. The van der Waals surface area contributed by atoms with Gasteiger partial charge in [-0.1, -0.05) is 13.0 Å². The van der Waals surface area contributed by atoms with E-state index in [1.165, 1.54) is 6.07 Å². The van der Waals surface area contributed by atoms with Crippen molar-refractivity contribution in [2.75, 3.05) is 5.32 Å². The van der Waals surface area contributed by atoms with Crippen molar-refractivity contribution in [1.82, 2.24) is 0 Å². The molecule has 2 unspecified atom stereocenters. The molecule has 90 valence electrons. The van der Waals surface area contributed by atoms with E-state index >= 15 is 0 Å². The Morgan fingerprint density at radius 3 is 2.71 bits per heavy atom. The second-order valence-corrected chi connectivity index (χ2v) is 4.52. The number of hydrogen-bond acceptors (Lipinski definition) is 3. The Balaban J connectivity index is 2.18. The molecule has 0 heterocycles. The van der Waals surface area contributed by atoms with Crippen LogP contribution in [-0.2, 0) is 4.79 Å². The van der Waals surface area contributed by atoms with E-state index < -0.39 is 4.92 Å². The van der Waals surface area contributed by atoms with Gasteiger partial charge in [-0.05, 0) is 25.3 Å². The van der Waals surface area contributed by atoms with Gasteiger partial charge in [0.25, 0.3) is 5.69 Å². The molecule has 1 aromatic carbocycles. The Hall–Kier alpha value is -1.91. The molecule has 1 saturated carbocycles. The molecule has 1 amide bonds. The summed E-state index contributed by atoms with van der Waals surface area (Å²) in [5, 5.41) is 13.5. The van der Waals surface area contributed by atoms with Gasteiger partial charge in [-0.3, -0.25) is 14.9 Å². The molecule has 17 heavy (non-hydrogen) atoms. The van der Waals surface area contributed by atoms with Crippen molar-refractivity contribution in [3.05, 3.63) is 33.9 Å². The van der Waals surface area contributed by atoms with Crippen LogP contribution in [0.5, 0.6) is 0 Å². The molecule has 2 atom stereocenters. The summed E-state index contributed by atoms with van der Waals surface area (Å²) in [5.41, 5.74) is 1.06. The van der Waals surface area contributed by atoms with E-state index in [1.807, 2.05) is 6.92 Å². The van der Waals surface area contributed by atoms with Crippen LogP contribution >= 0.6 is 0 Å². The van der Waals surface area contributed by atoms with E-state index in [-0.39, 0.29) is 17.5 Å². The molecule has 0 bridgehead atoms. The van der Waals surface area contributed by atoms with Crippen LogP contribution in [0.2, 0.25) is 0 Å². The lowest BCUT2D eigenvalue weighted by atomic mass is 10.1. The van der Waals surface area contributed by atoms with Crippen LogP contribution in [-0.4, -0.2) is 10.8 Å². The van der Waals surface area contributed by atoms with Crippen LogP contribution in [0.4, 0.5) is 11.4 Å². The summed E-state index contributed by atoms with van der Waals surface area (Å²) in [6, 6.07) is 4.70. The van der Waals surface area contributed by atoms with Gasteiger partial charge in [0.2, 0.25) is 5.91 Å². The van der Waals surface area contributed by atoms with Crippen LogP contribution in [0.1, 0.15) is 18.9 Å². The predicted molar refractivity (Wildman–Crippen MR) is 63.7 cm³/mol. The second kappa shape index (κ2) is 4.16. The number of nitro benzene ring substituents is 1. The standard InChI is InChI=1S/C12H14N2O3/c1-7-6-9(7)12(15)13-10-4-3-5-11(8(10)2)14(16)17/h3-5,7,9H,6H2,1-2H3,(H,13,15). The number of nitrogens with zero attached hydrogens (tertiary/aromatic N) is 1. The molecule has 1 aliphatic carbocycles. The molecule has 2 rings (SSSR count). The number of carbonyl (C=O) groups is 1. The number of nitrogens with one attached hydrogen (secondary N) is 1. The highest BCUT2D eigenvalue weighted by Crippen LogP contribution is 2.39. The Labute approximate surface area is 99.0 Å². The normalized spacial score (nSPS) is 22.0. The summed E-state index contributed by atoms with van der Waals surface area (Å²) in [6.45, 7) is 3.66. The first-order valence-corrected chi connectivity index (χ1v) is 5.55. The Morgan fingerprint density at radius 1 is 1.53 bits per heavy atom. The van der Waals surface area contributed by atoms with E-state index in [1.54, 1.807) is 19.1 Å². The molecule has 0 saturated heterocycles. The summed E-state index contributed by atoms with van der Waals surface area (Å²) in [4.78, 5) is 22.0. The predicted octanol–water partition coefficient (Wildman–Crippen LogP) is 2.50. The van der Waals surface area contributed by atoms with E-state index in [0.29, 0.717) is 17.2 Å². The van der Waals surface area contributed by atoms with E-state index in [9.17, 15) is 14.9 Å². The maximum Gasteiger partial charge on any atom is 0.274 e. The summed E-state index contributed by atoms with van der Waals surface area (Å²) in [5.74, 6) is 0.448. The van der Waals surface area contributed by atoms with Crippen molar-refractivity contribution in [1.29, 1.82) is 0 Å². The number of amides is 1. The monoisotopic (exact) mass is 234 g/mol. The minimum absolute atomic E-state index is 0.0339. The maximum atomic E-state index is 11.7. The summed E-state index contributed by atoms with van der Waals surface area (Å²) in [6.07, 6.45) is 0.903. The zero-order chi connectivity index (χ0) is 12.6. The van der Waals surface area contributed by atoms with E-state index in [4.69, 9.17) is 0 Å². The van der Waals surface area contributed by atoms with Gasteiger partial charge in [-0.15, -0.1) is 0 Å². The highest BCUT2D eigenvalue weighted by atomic mass is 16.6. The third-order valence-corrected chi connectivity index (χ3v) is 3.21. The second-order valence-electron chi connectivity index (χ2n) is 4.52. The molecule has 0 aliphatic heterocycles. The lowest BCUT2D eigenvalue weighted by Crippen LogP contribution is -2.15. The van der Waals surface area contributed by atoms with Crippen molar-refractivity contribution in [3.8, 4) is 0 Å². The molecule has 1 aromatic rings. The smallest absolute Gasteiger partial charge is 0.274 e. The number of nitro groups is 1. The average Bonchev–Trinajstić information content (AvgIpc) is 2.98. The maximum absolute atomic E-state index is 11.7. The van der Waals surface area contributed by atoms with Crippen molar-refractivity contribution < 1.29 is 9.72 Å². The number of benzene rings is 1. The van der Waals surface area contributed by atoms with Crippen molar-refractivity contribution in [2.24, 2.45) is 11.8 Å². The summed E-state index contributed by atoms with van der Waals surface area (Å²) >= 11 is 0. The van der Waals surface area contributed by atoms with Gasteiger partial charge in [-0.2, -0.15) is 0 Å². The molecule has 1 fully saturated rings. The zero-order valence-electron chi connectivity index (χ0n) is 9.77. The number of hydrogen-bond donors (Lipinski definition) is 1. The first-order valence-electron chi connectivity index (χ1n) is 5.55. The first-order chi connectivity index (χ1) is 8.00. The van der Waals surface area contributed by atoms with Gasteiger partial charge < -0.3 is 5.32 Å². The fraction of sp³-hybridized carbons (Fsp3) is 0.417. The lowest BCUT2D eigenvalue weighted by Gasteiger charge is -2.07. The molecule has 1 aliphatic rings. The lowest BCUT2D eigenvalue weighted by molar-refractivity contribution is -0.385. The molecular weight excluding hydrogens is 220 g/mol. The molecule has 5 heteroatoms. The van der Waals surface area contributed by atoms with Crippen LogP contribution in [0.25, 0.3) is 0 Å². The van der Waals surface area contributed by atoms with Crippen molar-refractivity contribution in [2.45, 2.75) is 20.3 Å². The van der Waals surface area contributed by atoms with Gasteiger partial charge in [0.1, 0.15) is 0 Å². The first kappa shape index (κ1) is 11.6. The SMILES string of the molecule is Cc1c(NC(=O)C2CC2C)cccc1[N+](=O)[O-]. The third kappa shape index (κ3) is 2.27. The Kier molecular flexibility index (Phi) is 2.83. The fourth-order valence-electron chi connectivity index (χ4n) is 1.87. The number of carbonyl (C=O) groups excluding carboxylic acids is 1. The number of anilines is 1. The highest BCUT2D eigenvalue weighted by molar-refractivity contribution is 5.95. The van der Waals surface area contributed by atoms with E-state index in [0.717, 1.165) is 6.42 Å². The minimum Gasteiger partial charge on any atom is -0.325 e. The van der Waals surface area contributed by atoms with Crippen LogP contribution < -0.4 is 5.32 Å². The Morgan fingerprint density at radius 2 is 2.18 bits per heavy atom. The quantitative estimate of drug-likeness (QED) is 0.645. The van der Waals surface area contributed by atoms with Crippen molar-refractivity contribution in [3.63, 3.8) is 0 Å². The minimum atomic E-state index is -0.440. The van der Waals surface area contributed by atoms with Crippen LogP contribution in [0.3, 0.4) is 0 Å². The van der Waals surface area contributed by atoms with Gasteiger partial charge in [-0.25, -0.2) is 0 Å². The average molecular weight is 234 g/mol. The molecule has 5 nitrogen and oxygen atoms in total. The zero-order valence-corrected chi connectivity index (χ0v) is 9.77. The third-order valence-electron chi connectivity index (χ3n) is 3.21. The summed E-state index contributed by atoms with van der Waals surface area (Å²) in [7, 11) is 0. The van der Waals surface area contributed by atoms with Crippen LogP contribution in [0.15, 0.2) is 18.2 Å². The Bertz CT molecular complexity index is 485. The topological polar surface area (TPSA) is 72.2 Å².